The predicted octanol–water partition coefficient (Wildman–Crippen LogP) is 4.99. The minimum Gasteiger partial charge on any atom is -0.0631 e. The van der Waals surface area contributed by atoms with E-state index in [1.165, 1.54) is 12.5 Å². The zero-order valence-corrected chi connectivity index (χ0v) is 15.7. The van der Waals surface area contributed by atoms with Gasteiger partial charge in [0, 0.05) is 18.3 Å². The molecule has 2 heteroatoms. The van der Waals surface area contributed by atoms with Crippen molar-refractivity contribution in [1.82, 2.24) is 0 Å². The molecule has 0 rings (SSSR count). The summed E-state index contributed by atoms with van der Waals surface area (Å²) >= 11 is 0. The van der Waals surface area contributed by atoms with Crippen LogP contribution in [0.25, 0.3) is 0 Å². The molecular weight excluding hydrogens is 236 g/mol. The van der Waals surface area contributed by atoms with Gasteiger partial charge in [0.05, 0.1) is 0 Å². The van der Waals surface area contributed by atoms with E-state index in [4.69, 9.17) is 0 Å². The van der Waals surface area contributed by atoms with Crippen molar-refractivity contribution in [3.8, 4) is 0 Å². The first-order valence-corrected chi connectivity index (χ1v) is 11.4. The third-order valence-electron chi connectivity index (χ3n) is 3.18. The van der Waals surface area contributed by atoms with E-state index in [9.17, 15) is 0 Å². The average Bonchev–Trinajstić information content (AvgIpc) is 2.08. The minimum absolute atomic E-state index is 0.422. The lowest BCUT2D eigenvalue weighted by atomic mass is 10.2. The largest absolute Gasteiger partial charge is 0.0631 e. The van der Waals surface area contributed by atoms with Gasteiger partial charge >= 0.3 is 0 Å². The molecule has 0 spiro atoms. The van der Waals surface area contributed by atoms with Gasteiger partial charge in [-0.3, -0.25) is 0 Å². The highest BCUT2D eigenvalue weighted by Gasteiger charge is 2.15. The normalized spacial score (nSPS) is 13.1. The van der Waals surface area contributed by atoms with Crippen LogP contribution in [0.4, 0.5) is 0 Å². The summed E-state index contributed by atoms with van der Waals surface area (Å²) in [4.78, 5) is 0. The Kier molecular flexibility index (Phi) is 8.74. The summed E-state index contributed by atoms with van der Waals surface area (Å²) in [6.07, 6.45) is 1.53. The minimum atomic E-state index is -0.422. The first-order chi connectivity index (χ1) is 7.70. The lowest BCUT2D eigenvalue weighted by Crippen LogP contribution is -2.18. The lowest BCUT2D eigenvalue weighted by molar-refractivity contribution is 0.684. The number of rotatable bonds is 8. The van der Waals surface area contributed by atoms with Crippen LogP contribution >= 0.6 is 0 Å². The van der Waals surface area contributed by atoms with Gasteiger partial charge in [0.25, 0.3) is 0 Å². The fourth-order valence-electron chi connectivity index (χ4n) is 2.61. The monoisotopic (exact) mass is 271 g/mol. The van der Waals surface area contributed by atoms with Gasteiger partial charge in [-0.25, -0.2) is 0 Å². The maximum atomic E-state index is 2.40. The summed E-state index contributed by atoms with van der Waals surface area (Å²) in [7, 11) is 0.243. The molecule has 0 aromatic rings. The SMILES string of the molecule is CC(C)C[SiH](CCC[SiH]C(C)(C)C)CC(C)C. The Bertz CT molecular complexity index is 170. The zero-order chi connectivity index (χ0) is 13.5. The van der Waals surface area contributed by atoms with E-state index in [0.717, 1.165) is 11.8 Å². The van der Waals surface area contributed by atoms with E-state index in [2.05, 4.69) is 48.5 Å². The maximum Gasteiger partial charge on any atom is 0.0372 e. The standard InChI is InChI=1S/C15H35Si2/c1-13(2)11-17(12-14(3)4)10-8-9-16-15(5,6)7/h13-14,16-17H,8-12H2,1-7H3. The molecule has 0 fully saturated rings. The number of hydrogen-bond donors (Lipinski definition) is 0. The van der Waals surface area contributed by atoms with Crippen molar-refractivity contribution in [1.29, 1.82) is 0 Å². The van der Waals surface area contributed by atoms with Crippen LogP contribution in [0.2, 0.25) is 29.2 Å². The van der Waals surface area contributed by atoms with Crippen molar-refractivity contribution >= 4 is 18.3 Å². The van der Waals surface area contributed by atoms with E-state index in [0.29, 0.717) is 14.6 Å². The Labute approximate surface area is 114 Å². The Hall–Kier alpha value is 0.434. The topological polar surface area (TPSA) is 0 Å². The molecule has 0 saturated carbocycles. The molecule has 0 bridgehead atoms. The molecule has 0 saturated heterocycles. The quantitative estimate of drug-likeness (QED) is 0.431. The van der Waals surface area contributed by atoms with Crippen LogP contribution in [0.15, 0.2) is 0 Å². The summed E-state index contributed by atoms with van der Waals surface area (Å²) < 4.78 is 0. The molecule has 0 amide bonds. The highest BCUT2D eigenvalue weighted by Crippen LogP contribution is 2.24. The fourth-order valence-corrected chi connectivity index (χ4v) is 8.53. The molecule has 1 radical (unpaired) electrons. The molecule has 0 N–H and O–H groups in total. The van der Waals surface area contributed by atoms with E-state index in [1.54, 1.807) is 18.1 Å². The lowest BCUT2D eigenvalue weighted by Gasteiger charge is -2.21. The molecular formula is C15H35Si2. The van der Waals surface area contributed by atoms with Crippen molar-refractivity contribution in [2.75, 3.05) is 0 Å². The zero-order valence-electron chi connectivity index (χ0n) is 13.3. The van der Waals surface area contributed by atoms with Crippen molar-refractivity contribution in [2.45, 2.75) is 84.1 Å². The van der Waals surface area contributed by atoms with Gasteiger partial charge in [-0.05, 0) is 16.9 Å². The van der Waals surface area contributed by atoms with Crippen molar-refractivity contribution < 1.29 is 0 Å². The summed E-state index contributed by atoms with van der Waals surface area (Å²) in [6, 6.07) is 6.29. The Morgan fingerprint density at radius 1 is 0.941 bits per heavy atom. The molecule has 0 aromatic heterocycles. The second-order valence-electron chi connectivity index (χ2n) is 7.63. The summed E-state index contributed by atoms with van der Waals surface area (Å²) in [5, 5.41) is 0.618. The molecule has 0 aliphatic heterocycles. The van der Waals surface area contributed by atoms with Gasteiger partial charge in [-0.2, -0.15) is 0 Å². The van der Waals surface area contributed by atoms with Gasteiger partial charge in [0.15, 0.2) is 0 Å². The van der Waals surface area contributed by atoms with Crippen molar-refractivity contribution in [2.24, 2.45) is 11.8 Å². The second-order valence-corrected chi connectivity index (χ2v) is 13.6. The van der Waals surface area contributed by atoms with Crippen LogP contribution in [-0.2, 0) is 0 Å². The predicted molar refractivity (Wildman–Crippen MR) is 87.5 cm³/mol. The third-order valence-corrected chi connectivity index (χ3v) is 9.55. The smallest absolute Gasteiger partial charge is 0.0372 e. The van der Waals surface area contributed by atoms with Gasteiger partial charge in [0.2, 0.25) is 0 Å². The first-order valence-electron chi connectivity index (χ1n) is 7.55. The van der Waals surface area contributed by atoms with Crippen LogP contribution in [0.5, 0.6) is 0 Å². The molecule has 103 valence electrons. The van der Waals surface area contributed by atoms with Gasteiger partial charge in [-0.15, -0.1) is 0 Å². The van der Waals surface area contributed by atoms with E-state index in [-0.39, 0.29) is 0 Å². The molecule has 0 aliphatic rings. The summed E-state index contributed by atoms with van der Waals surface area (Å²) in [6.45, 7) is 16.8. The average molecular weight is 272 g/mol. The summed E-state index contributed by atoms with van der Waals surface area (Å²) in [5.41, 5.74) is 0. The van der Waals surface area contributed by atoms with Crippen LogP contribution in [0.3, 0.4) is 0 Å². The highest BCUT2D eigenvalue weighted by atomic mass is 28.3. The highest BCUT2D eigenvalue weighted by molar-refractivity contribution is 6.59. The summed E-state index contributed by atoms with van der Waals surface area (Å²) in [5.74, 6) is 1.86. The molecule has 0 aromatic carbocycles. The molecule has 0 aliphatic carbocycles. The first kappa shape index (κ1) is 17.4. The number of hydrogen-bond acceptors (Lipinski definition) is 0. The second kappa shape index (κ2) is 8.52. The Balaban J connectivity index is 3.83. The molecule has 0 nitrogen and oxygen atoms in total. The maximum absolute atomic E-state index is 2.40. The van der Waals surface area contributed by atoms with E-state index >= 15 is 0 Å². The molecule has 17 heavy (non-hydrogen) atoms. The van der Waals surface area contributed by atoms with Gasteiger partial charge < -0.3 is 0 Å². The van der Waals surface area contributed by atoms with Crippen molar-refractivity contribution in [3.05, 3.63) is 0 Å². The van der Waals surface area contributed by atoms with E-state index < -0.39 is 8.80 Å². The van der Waals surface area contributed by atoms with Crippen LogP contribution in [0.1, 0.15) is 54.9 Å². The van der Waals surface area contributed by atoms with Gasteiger partial charge in [0.1, 0.15) is 0 Å². The van der Waals surface area contributed by atoms with Crippen LogP contribution in [-0.4, -0.2) is 18.3 Å². The van der Waals surface area contributed by atoms with E-state index in [1.807, 2.05) is 0 Å². The van der Waals surface area contributed by atoms with Crippen LogP contribution in [0, 0.1) is 11.8 Å². The molecule has 0 unspecified atom stereocenters. The Morgan fingerprint density at radius 3 is 1.76 bits per heavy atom. The fraction of sp³-hybridized carbons (Fsp3) is 1.00. The van der Waals surface area contributed by atoms with Crippen LogP contribution < -0.4 is 0 Å². The molecule has 0 atom stereocenters. The molecule has 0 heterocycles. The Morgan fingerprint density at radius 2 is 1.41 bits per heavy atom. The van der Waals surface area contributed by atoms with Gasteiger partial charge in [-0.1, -0.05) is 79.1 Å². The third kappa shape index (κ3) is 12.7. The van der Waals surface area contributed by atoms with Crippen molar-refractivity contribution in [3.63, 3.8) is 0 Å².